The molecule has 1 aliphatic carbocycles. The van der Waals surface area contributed by atoms with Gasteiger partial charge in [0.05, 0.1) is 6.54 Å². The largest absolute Gasteiger partial charge is 0.449 e. The number of nitrogens with zero attached hydrogens (tertiary/aromatic N) is 1. The highest BCUT2D eigenvalue weighted by molar-refractivity contribution is 5.18. The molecule has 1 N–H and O–H groups in total. The van der Waals surface area contributed by atoms with E-state index in [-0.39, 0.29) is 0 Å². The molecule has 3 heteroatoms. The van der Waals surface area contributed by atoms with Crippen molar-refractivity contribution in [2.75, 3.05) is 0 Å². The van der Waals surface area contributed by atoms with E-state index >= 15 is 0 Å². The highest BCUT2D eigenvalue weighted by Crippen LogP contribution is 2.22. The van der Waals surface area contributed by atoms with Crippen LogP contribution in [0.3, 0.4) is 0 Å². The molecule has 2 unspecified atom stereocenters. The van der Waals surface area contributed by atoms with E-state index in [1.807, 2.05) is 12.1 Å². The zero-order valence-electron chi connectivity index (χ0n) is 10.4. The normalized spacial score (nSPS) is 25.2. The lowest BCUT2D eigenvalue weighted by atomic mass is 10.0. The maximum atomic E-state index is 8.67. The Morgan fingerprint density at radius 3 is 3.00 bits per heavy atom. The fraction of sp³-hybridized carbons (Fsp3) is 0.643. The molecule has 0 bridgehead atoms. The molecule has 1 fully saturated rings. The van der Waals surface area contributed by atoms with Crippen molar-refractivity contribution < 1.29 is 4.42 Å². The molecule has 2 atom stereocenters. The van der Waals surface area contributed by atoms with Crippen LogP contribution in [0.5, 0.6) is 0 Å². The predicted octanol–water partition coefficient (Wildman–Crippen LogP) is 3.21. The van der Waals surface area contributed by atoms with E-state index in [0.29, 0.717) is 11.8 Å². The van der Waals surface area contributed by atoms with Gasteiger partial charge in [0, 0.05) is 6.04 Å². The third-order valence-electron chi connectivity index (χ3n) is 3.59. The van der Waals surface area contributed by atoms with Crippen LogP contribution < -0.4 is 5.32 Å². The van der Waals surface area contributed by atoms with Gasteiger partial charge in [-0.2, -0.15) is 5.26 Å². The van der Waals surface area contributed by atoms with Crippen LogP contribution in [0.2, 0.25) is 0 Å². The van der Waals surface area contributed by atoms with E-state index in [9.17, 15) is 0 Å². The number of nitrogens with one attached hydrogen (secondary N) is 1. The second-order valence-corrected chi connectivity index (χ2v) is 5.07. The zero-order chi connectivity index (χ0) is 12.1. The van der Waals surface area contributed by atoms with Crippen LogP contribution in [0.4, 0.5) is 0 Å². The van der Waals surface area contributed by atoms with Crippen LogP contribution in [-0.4, -0.2) is 6.04 Å². The van der Waals surface area contributed by atoms with Crippen molar-refractivity contribution in [3.8, 4) is 6.07 Å². The van der Waals surface area contributed by atoms with Gasteiger partial charge in [-0.05, 0) is 37.3 Å². The maximum Gasteiger partial charge on any atom is 0.203 e. The minimum atomic E-state index is 0.399. The van der Waals surface area contributed by atoms with Crippen molar-refractivity contribution in [1.82, 2.24) is 5.32 Å². The fourth-order valence-corrected chi connectivity index (χ4v) is 2.47. The lowest BCUT2D eigenvalue weighted by Crippen LogP contribution is -2.27. The summed E-state index contributed by atoms with van der Waals surface area (Å²) in [7, 11) is 0. The van der Waals surface area contributed by atoms with Crippen molar-refractivity contribution in [1.29, 1.82) is 5.26 Å². The Labute approximate surface area is 103 Å². The highest BCUT2D eigenvalue weighted by Gasteiger charge is 2.15. The fourth-order valence-electron chi connectivity index (χ4n) is 2.47. The molecule has 1 heterocycles. The molecule has 0 saturated heterocycles. The molecular weight excluding hydrogens is 212 g/mol. The topological polar surface area (TPSA) is 49.0 Å². The molecular formula is C14H20N2O. The van der Waals surface area contributed by atoms with Gasteiger partial charge in [0.15, 0.2) is 0 Å². The second kappa shape index (κ2) is 5.88. The van der Waals surface area contributed by atoms with E-state index in [4.69, 9.17) is 9.68 Å². The quantitative estimate of drug-likeness (QED) is 0.814. The van der Waals surface area contributed by atoms with E-state index < -0.39 is 0 Å². The Kier molecular flexibility index (Phi) is 4.22. The molecule has 1 saturated carbocycles. The number of rotatable bonds is 3. The first-order valence-electron chi connectivity index (χ1n) is 6.50. The van der Waals surface area contributed by atoms with Crippen LogP contribution in [0.15, 0.2) is 16.5 Å². The summed E-state index contributed by atoms with van der Waals surface area (Å²) >= 11 is 0. The van der Waals surface area contributed by atoms with Gasteiger partial charge in [0.2, 0.25) is 5.76 Å². The first-order valence-corrected chi connectivity index (χ1v) is 6.50. The predicted molar refractivity (Wildman–Crippen MR) is 66.3 cm³/mol. The molecule has 17 heavy (non-hydrogen) atoms. The average molecular weight is 232 g/mol. The molecule has 92 valence electrons. The molecule has 2 rings (SSSR count). The number of furan rings is 1. The summed E-state index contributed by atoms with van der Waals surface area (Å²) in [5, 5.41) is 12.2. The van der Waals surface area contributed by atoms with Gasteiger partial charge in [-0.15, -0.1) is 0 Å². The Balaban J connectivity index is 1.79. The Morgan fingerprint density at radius 1 is 1.35 bits per heavy atom. The average Bonchev–Trinajstić information content (AvgIpc) is 2.70. The SMILES string of the molecule is CC1CCCC(NCc2ccc(C#N)o2)CC1. The van der Waals surface area contributed by atoms with Crippen molar-refractivity contribution >= 4 is 0 Å². The molecule has 0 amide bonds. The molecule has 1 aromatic rings. The van der Waals surface area contributed by atoms with E-state index in [1.54, 1.807) is 6.07 Å². The van der Waals surface area contributed by atoms with Crippen LogP contribution >= 0.6 is 0 Å². The lowest BCUT2D eigenvalue weighted by molar-refractivity contribution is 0.409. The van der Waals surface area contributed by atoms with Gasteiger partial charge in [-0.25, -0.2) is 0 Å². The molecule has 1 aliphatic rings. The third kappa shape index (κ3) is 3.61. The third-order valence-corrected chi connectivity index (χ3v) is 3.59. The summed E-state index contributed by atoms with van der Waals surface area (Å²) in [6, 6.07) is 6.22. The smallest absolute Gasteiger partial charge is 0.203 e. The van der Waals surface area contributed by atoms with Gasteiger partial charge < -0.3 is 9.73 Å². The summed E-state index contributed by atoms with van der Waals surface area (Å²) in [6.45, 7) is 3.08. The van der Waals surface area contributed by atoms with Crippen LogP contribution in [0.1, 0.15) is 50.5 Å². The molecule has 0 spiro atoms. The zero-order valence-corrected chi connectivity index (χ0v) is 10.4. The molecule has 0 aromatic carbocycles. The van der Waals surface area contributed by atoms with Crippen molar-refractivity contribution in [2.45, 2.75) is 51.6 Å². The van der Waals surface area contributed by atoms with Gasteiger partial charge in [0.25, 0.3) is 0 Å². The van der Waals surface area contributed by atoms with Crippen molar-refractivity contribution in [2.24, 2.45) is 5.92 Å². The minimum absolute atomic E-state index is 0.399. The van der Waals surface area contributed by atoms with E-state index in [1.165, 1.54) is 32.1 Å². The van der Waals surface area contributed by atoms with Crippen molar-refractivity contribution in [3.63, 3.8) is 0 Å². The standard InChI is InChI=1S/C14H20N2O/c1-11-3-2-4-12(6-5-11)16-10-14-8-7-13(9-15)17-14/h7-8,11-12,16H,2-6,10H2,1H3. The Morgan fingerprint density at radius 2 is 2.24 bits per heavy atom. The lowest BCUT2D eigenvalue weighted by Gasteiger charge is -2.15. The van der Waals surface area contributed by atoms with Gasteiger partial charge in [-0.1, -0.05) is 19.8 Å². The monoisotopic (exact) mass is 232 g/mol. The summed E-state index contributed by atoms with van der Waals surface area (Å²) < 4.78 is 5.35. The molecule has 3 nitrogen and oxygen atoms in total. The van der Waals surface area contributed by atoms with Crippen molar-refractivity contribution in [3.05, 3.63) is 23.7 Å². The van der Waals surface area contributed by atoms with Gasteiger partial charge >= 0.3 is 0 Å². The number of hydrogen-bond acceptors (Lipinski definition) is 3. The minimum Gasteiger partial charge on any atom is -0.449 e. The van der Waals surface area contributed by atoms with E-state index in [0.717, 1.165) is 18.2 Å². The van der Waals surface area contributed by atoms with Crippen LogP contribution in [-0.2, 0) is 6.54 Å². The first-order chi connectivity index (χ1) is 8.28. The maximum absolute atomic E-state index is 8.67. The summed E-state index contributed by atoms with van der Waals surface area (Å²) in [4.78, 5) is 0. The number of hydrogen-bond donors (Lipinski definition) is 1. The molecule has 0 radical (unpaired) electrons. The summed E-state index contributed by atoms with van der Waals surface area (Å²) in [5.74, 6) is 2.13. The van der Waals surface area contributed by atoms with Crippen LogP contribution in [0.25, 0.3) is 0 Å². The van der Waals surface area contributed by atoms with Gasteiger partial charge in [0.1, 0.15) is 11.8 Å². The Bertz CT molecular complexity index is 391. The van der Waals surface area contributed by atoms with Gasteiger partial charge in [-0.3, -0.25) is 0 Å². The highest BCUT2D eigenvalue weighted by atomic mass is 16.3. The molecule has 1 aromatic heterocycles. The second-order valence-electron chi connectivity index (χ2n) is 5.07. The van der Waals surface area contributed by atoms with Crippen LogP contribution in [0, 0.1) is 17.2 Å². The van der Waals surface area contributed by atoms with E-state index in [2.05, 4.69) is 12.2 Å². The number of nitriles is 1. The first kappa shape index (κ1) is 12.2. The summed E-state index contributed by atoms with van der Waals surface area (Å²) in [5.41, 5.74) is 0. The molecule has 0 aliphatic heterocycles. The Hall–Kier alpha value is -1.27. The summed E-state index contributed by atoms with van der Waals surface area (Å²) in [6.07, 6.45) is 6.51.